The maximum absolute atomic E-state index is 11.4. The molecule has 0 saturated heterocycles. The molecule has 1 amide bonds. The molecule has 1 heterocycles. The number of amides is 1. The average Bonchev–Trinajstić information content (AvgIpc) is 2.26. The molecule has 0 aromatic heterocycles. The molecule has 0 saturated carbocycles. The Labute approximate surface area is 82.7 Å². The smallest absolute Gasteiger partial charge is 0.289 e. The van der Waals surface area contributed by atoms with Crippen LogP contribution in [0.1, 0.15) is 13.3 Å². The predicted molar refractivity (Wildman–Crippen MR) is 49.3 cm³/mol. The van der Waals surface area contributed by atoms with E-state index in [2.05, 4.69) is 5.32 Å². The van der Waals surface area contributed by atoms with E-state index in [-0.39, 0.29) is 24.3 Å². The van der Waals surface area contributed by atoms with E-state index in [1.807, 2.05) is 6.92 Å². The second-order valence-corrected chi connectivity index (χ2v) is 2.96. The van der Waals surface area contributed by atoms with E-state index in [1.54, 1.807) is 0 Å². The zero-order valence-electron chi connectivity index (χ0n) is 8.16. The molecule has 0 aromatic carbocycles. The molecule has 1 aliphatic heterocycles. The summed E-state index contributed by atoms with van der Waals surface area (Å²) in [7, 11) is 0. The van der Waals surface area contributed by atoms with Crippen LogP contribution >= 0.6 is 0 Å². The minimum absolute atomic E-state index is 0.0730. The summed E-state index contributed by atoms with van der Waals surface area (Å²) in [5, 5.41) is 11.5. The number of nitrogens with one attached hydrogen (secondary N) is 1. The highest BCUT2D eigenvalue weighted by molar-refractivity contribution is 5.91. The summed E-state index contributed by atoms with van der Waals surface area (Å²) in [5.41, 5.74) is 0. The van der Waals surface area contributed by atoms with Crippen LogP contribution in [-0.4, -0.2) is 36.9 Å². The van der Waals surface area contributed by atoms with Crippen LogP contribution in [0, 0.1) is 0 Å². The first-order valence-corrected chi connectivity index (χ1v) is 4.64. The minimum Gasteiger partial charge on any atom is -0.494 e. The fraction of sp³-hybridized carbons (Fsp3) is 0.667. The van der Waals surface area contributed by atoms with Crippen molar-refractivity contribution in [3.8, 4) is 0 Å². The Kier molecular flexibility index (Phi) is 4.25. The van der Waals surface area contributed by atoms with Crippen molar-refractivity contribution in [2.45, 2.75) is 19.4 Å². The van der Waals surface area contributed by atoms with Gasteiger partial charge in [0.15, 0.2) is 0 Å². The lowest BCUT2D eigenvalue weighted by Crippen LogP contribution is -2.38. The van der Waals surface area contributed by atoms with Crippen LogP contribution in [-0.2, 0) is 14.3 Å². The van der Waals surface area contributed by atoms with Gasteiger partial charge in [-0.15, -0.1) is 0 Å². The maximum atomic E-state index is 11.4. The van der Waals surface area contributed by atoms with Gasteiger partial charge < -0.3 is 19.9 Å². The zero-order chi connectivity index (χ0) is 10.4. The number of aliphatic hydroxyl groups excluding tert-OH is 1. The molecular formula is C9H15NO4. The van der Waals surface area contributed by atoms with Crippen molar-refractivity contribution in [3.05, 3.63) is 12.0 Å². The SMILES string of the molecule is CC[C@@H](CO)NC(=O)C1=COCCO1. The Morgan fingerprint density at radius 3 is 3.00 bits per heavy atom. The second kappa shape index (κ2) is 5.49. The number of ether oxygens (including phenoxy) is 2. The van der Waals surface area contributed by atoms with Crippen molar-refractivity contribution >= 4 is 5.91 Å². The molecule has 5 nitrogen and oxygen atoms in total. The molecule has 0 unspecified atom stereocenters. The molecule has 0 bridgehead atoms. The Morgan fingerprint density at radius 2 is 2.50 bits per heavy atom. The number of hydrogen-bond acceptors (Lipinski definition) is 4. The molecule has 1 rings (SSSR count). The first kappa shape index (κ1) is 10.8. The van der Waals surface area contributed by atoms with Crippen LogP contribution in [0.2, 0.25) is 0 Å². The average molecular weight is 201 g/mol. The summed E-state index contributed by atoms with van der Waals surface area (Å²) in [5.74, 6) is -0.172. The quantitative estimate of drug-likeness (QED) is 0.659. The van der Waals surface area contributed by atoms with Gasteiger partial charge in [-0.1, -0.05) is 6.92 Å². The van der Waals surface area contributed by atoms with Gasteiger partial charge in [-0.05, 0) is 6.42 Å². The van der Waals surface area contributed by atoms with Gasteiger partial charge >= 0.3 is 0 Å². The van der Waals surface area contributed by atoms with Crippen LogP contribution in [0.5, 0.6) is 0 Å². The Bertz CT molecular complexity index is 223. The standard InChI is InChI=1S/C9H15NO4/c1-2-7(5-11)10-9(12)8-6-13-3-4-14-8/h6-7,11H,2-5H2,1H3,(H,10,12)/t7-/m0/s1. The number of carbonyl (C=O) groups excluding carboxylic acids is 1. The number of rotatable bonds is 4. The molecule has 14 heavy (non-hydrogen) atoms. The molecule has 0 fully saturated rings. The molecular weight excluding hydrogens is 186 g/mol. The van der Waals surface area contributed by atoms with Crippen LogP contribution in [0.25, 0.3) is 0 Å². The summed E-state index contributed by atoms with van der Waals surface area (Å²) in [6.45, 7) is 2.66. The van der Waals surface area contributed by atoms with Gasteiger partial charge in [-0.3, -0.25) is 4.79 Å². The van der Waals surface area contributed by atoms with Crippen LogP contribution in [0.3, 0.4) is 0 Å². The highest BCUT2D eigenvalue weighted by Gasteiger charge is 2.17. The molecule has 0 aromatic rings. The third-order valence-electron chi connectivity index (χ3n) is 1.92. The third kappa shape index (κ3) is 2.92. The zero-order valence-corrected chi connectivity index (χ0v) is 8.16. The molecule has 1 atom stereocenters. The van der Waals surface area contributed by atoms with Crippen molar-refractivity contribution in [2.24, 2.45) is 0 Å². The second-order valence-electron chi connectivity index (χ2n) is 2.96. The minimum atomic E-state index is -0.342. The fourth-order valence-corrected chi connectivity index (χ4v) is 1.02. The maximum Gasteiger partial charge on any atom is 0.289 e. The van der Waals surface area contributed by atoms with Crippen molar-refractivity contribution in [2.75, 3.05) is 19.8 Å². The van der Waals surface area contributed by atoms with E-state index in [0.29, 0.717) is 19.6 Å². The summed E-state index contributed by atoms with van der Waals surface area (Å²) >= 11 is 0. The first-order chi connectivity index (χ1) is 6.77. The van der Waals surface area contributed by atoms with Gasteiger partial charge in [0.2, 0.25) is 5.76 Å². The van der Waals surface area contributed by atoms with Crippen molar-refractivity contribution in [3.63, 3.8) is 0 Å². The summed E-state index contributed by atoms with van der Waals surface area (Å²) in [4.78, 5) is 11.4. The molecule has 0 radical (unpaired) electrons. The van der Waals surface area contributed by atoms with E-state index >= 15 is 0 Å². The summed E-state index contributed by atoms with van der Waals surface area (Å²) < 4.78 is 10.0. The topological polar surface area (TPSA) is 67.8 Å². The third-order valence-corrected chi connectivity index (χ3v) is 1.92. The largest absolute Gasteiger partial charge is 0.494 e. The number of aliphatic hydroxyl groups is 1. The van der Waals surface area contributed by atoms with E-state index in [4.69, 9.17) is 14.6 Å². The Hall–Kier alpha value is -1.23. The molecule has 2 N–H and O–H groups in total. The lowest BCUT2D eigenvalue weighted by atomic mass is 10.2. The normalized spacial score (nSPS) is 17.4. The van der Waals surface area contributed by atoms with Crippen LogP contribution in [0.4, 0.5) is 0 Å². The van der Waals surface area contributed by atoms with E-state index in [1.165, 1.54) is 6.26 Å². The van der Waals surface area contributed by atoms with Gasteiger partial charge in [-0.2, -0.15) is 0 Å². The van der Waals surface area contributed by atoms with Crippen molar-refractivity contribution in [1.29, 1.82) is 0 Å². The van der Waals surface area contributed by atoms with Gasteiger partial charge in [0, 0.05) is 0 Å². The monoisotopic (exact) mass is 201 g/mol. The lowest BCUT2D eigenvalue weighted by Gasteiger charge is -2.18. The molecule has 5 heteroatoms. The molecule has 80 valence electrons. The number of carbonyl (C=O) groups is 1. The van der Waals surface area contributed by atoms with E-state index in [9.17, 15) is 4.79 Å². The summed E-state index contributed by atoms with van der Waals surface area (Å²) in [6.07, 6.45) is 1.97. The van der Waals surface area contributed by atoms with Crippen LogP contribution in [0.15, 0.2) is 12.0 Å². The van der Waals surface area contributed by atoms with Crippen molar-refractivity contribution < 1.29 is 19.4 Å². The molecule has 1 aliphatic rings. The molecule has 0 spiro atoms. The lowest BCUT2D eigenvalue weighted by molar-refractivity contribution is -0.123. The van der Waals surface area contributed by atoms with Gasteiger partial charge in [0.05, 0.1) is 12.6 Å². The van der Waals surface area contributed by atoms with Crippen LogP contribution < -0.4 is 5.32 Å². The van der Waals surface area contributed by atoms with Gasteiger partial charge in [0.25, 0.3) is 5.91 Å². The first-order valence-electron chi connectivity index (χ1n) is 4.64. The van der Waals surface area contributed by atoms with Gasteiger partial charge in [0.1, 0.15) is 19.5 Å². The highest BCUT2D eigenvalue weighted by Crippen LogP contribution is 2.04. The Balaban J connectivity index is 2.44. The summed E-state index contributed by atoms with van der Waals surface area (Å²) in [6, 6.07) is -0.228. The number of hydrogen-bond donors (Lipinski definition) is 2. The Morgan fingerprint density at radius 1 is 1.71 bits per heavy atom. The predicted octanol–water partition coefficient (Wildman–Crippen LogP) is -0.238. The fourth-order valence-electron chi connectivity index (χ4n) is 1.02. The molecule has 0 aliphatic carbocycles. The van der Waals surface area contributed by atoms with E-state index < -0.39 is 0 Å². The van der Waals surface area contributed by atoms with Gasteiger partial charge in [-0.25, -0.2) is 0 Å². The van der Waals surface area contributed by atoms with Crippen molar-refractivity contribution in [1.82, 2.24) is 5.32 Å². The highest BCUT2D eigenvalue weighted by atomic mass is 16.6. The van der Waals surface area contributed by atoms with E-state index in [0.717, 1.165) is 0 Å².